The van der Waals surface area contributed by atoms with Crippen LogP contribution in [-0.2, 0) is 0 Å². The normalized spacial score (nSPS) is 16.4. The fourth-order valence-corrected chi connectivity index (χ4v) is 1.98. The highest BCUT2D eigenvalue weighted by molar-refractivity contribution is 6.37. The van der Waals surface area contributed by atoms with Crippen molar-refractivity contribution in [2.24, 2.45) is 0 Å². The summed E-state index contributed by atoms with van der Waals surface area (Å²) >= 11 is 11.8. The molecule has 0 aromatic carbocycles. The average Bonchev–Trinajstić information content (AvgIpc) is 2.87. The SMILES string of the molecule is Clc1cc(Cl)c2nc(C3CC3)[nH]c2n1. The van der Waals surface area contributed by atoms with Crippen LogP contribution < -0.4 is 0 Å². The van der Waals surface area contributed by atoms with Gasteiger partial charge in [-0.2, -0.15) is 0 Å². The largest absolute Gasteiger partial charge is 0.326 e. The van der Waals surface area contributed by atoms with Gasteiger partial charge in [-0.1, -0.05) is 23.2 Å². The molecule has 5 heteroatoms. The van der Waals surface area contributed by atoms with Gasteiger partial charge in [0, 0.05) is 5.92 Å². The van der Waals surface area contributed by atoms with E-state index in [0.29, 0.717) is 21.7 Å². The zero-order valence-corrected chi connectivity index (χ0v) is 8.73. The lowest BCUT2D eigenvalue weighted by atomic mass is 10.4. The van der Waals surface area contributed by atoms with Gasteiger partial charge in [-0.05, 0) is 18.9 Å². The first-order valence-electron chi connectivity index (χ1n) is 4.45. The van der Waals surface area contributed by atoms with E-state index in [4.69, 9.17) is 23.2 Å². The van der Waals surface area contributed by atoms with E-state index in [9.17, 15) is 0 Å². The minimum absolute atomic E-state index is 0.397. The van der Waals surface area contributed by atoms with E-state index in [1.807, 2.05) is 0 Å². The summed E-state index contributed by atoms with van der Waals surface area (Å²) in [5, 5.41) is 0.955. The van der Waals surface area contributed by atoms with Crippen LogP contribution in [0.25, 0.3) is 11.2 Å². The van der Waals surface area contributed by atoms with Crippen molar-refractivity contribution in [1.82, 2.24) is 15.0 Å². The maximum Gasteiger partial charge on any atom is 0.160 e. The molecule has 0 spiro atoms. The third kappa shape index (κ3) is 1.28. The van der Waals surface area contributed by atoms with Gasteiger partial charge in [0.05, 0.1) is 5.02 Å². The second kappa shape index (κ2) is 2.84. The molecule has 0 radical (unpaired) electrons. The molecular weight excluding hydrogens is 221 g/mol. The predicted octanol–water partition coefficient (Wildman–Crippen LogP) is 3.14. The Morgan fingerprint density at radius 1 is 1.29 bits per heavy atom. The first kappa shape index (κ1) is 8.50. The van der Waals surface area contributed by atoms with Gasteiger partial charge in [0.2, 0.25) is 0 Å². The molecule has 0 bridgehead atoms. The summed E-state index contributed by atoms with van der Waals surface area (Å²) in [5.74, 6) is 1.55. The summed E-state index contributed by atoms with van der Waals surface area (Å²) in [6, 6.07) is 1.61. The fraction of sp³-hybridized carbons (Fsp3) is 0.333. The molecule has 0 saturated heterocycles. The maximum absolute atomic E-state index is 5.99. The lowest BCUT2D eigenvalue weighted by molar-refractivity contribution is 0.983. The van der Waals surface area contributed by atoms with Crippen LogP contribution in [0, 0.1) is 0 Å². The second-order valence-electron chi connectivity index (χ2n) is 3.52. The quantitative estimate of drug-likeness (QED) is 0.761. The minimum Gasteiger partial charge on any atom is -0.326 e. The van der Waals surface area contributed by atoms with Crippen LogP contribution in [-0.4, -0.2) is 15.0 Å². The first-order valence-corrected chi connectivity index (χ1v) is 5.21. The van der Waals surface area contributed by atoms with E-state index in [2.05, 4.69) is 15.0 Å². The van der Waals surface area contributed by atoms with E-state index < -0.39 is 0 Å². The first-order chi connectivity index (χ1) is 6.74. The number of aromatic amines is 1. The van der Waals surface area contributed by atoms with Gasteiger partial charge in [0.25, 0.3) is 0 Å². The standard InChI is InChI=1S/C9H7Cl2N3/c10-5-3-6(11)12-9-7(5)13-8(14-9)4-1-2-4/h3-4H,1-2H2,(H,12,13,14). The summed E-state index contributed by atoms with van der Waals surface area (Å²) in [6.07, 6.45) is 2.40. The molecule has 0 aliphatic heterocycles. The molecule has 0 unspecified atom stereocenters. The van der Waals surface area contributed by atoms with Crippen molar-refractivity contribution in [2.45, 2.75) is 18.8 Å². The van der Waals surface area contributed by atoms with E-state index in [1.54, 1.807) is 6.07 Å². The summed E-state index contributed by atoms with van der Waals surface area (Å²) in [4.78, 5) is 11.7. The number of H-pyrrole nitrogens is 1. The number of rotatable bonds is 1. The monoisotopic (exact) mass is 227 g/mol. The van der Waals surface area contributed by atoms with Crippen molar-refractivity contribution >= 4 is 34.4 Å². The lowest BCUT2D eigenvalue weighted by Gasteiger charge is -1.91. The molecule has 3 nitrogen and oxygen atoms in total. The second-order valence-corrected chi connectivity index (χ2v) is 4.31. The third-order valence-electron chi connectivity index (χ3n) is 2.36. The van der Waals surface area contributed by atoms with Gasteiger partial charge < -0.3 is 4.98 Å². The van der Waals surface area contributed by atoms with Crippen LogP contribution in [0.4, 0.5) is 0 Å². The van der Waals surface area contributed by atoms with E-state index in [0.717, 1.165) is 11.3 Å². The Labute approximate surface area is 90.5 Å². The van der Waals surface area contributed by atoms with Crippen molar-refractivity contribution in [3.05, 3.63) is 22.1 Å². The Morgan fingerprint density at radius 2 is 2.07 bits per heavy atom. The summed E-state index contributed by atoms with van der Waals surface area (Å²) in [5.41, 5.74) is 1.40. The van der Waals surface area contributed by atoms with Crippen LogP contribution in [0.1, 0.15) is 24.6 Å². The van der Waals surface area contributed by atoms with Gasteiger partial charge >= 0.3 is 0 Å². The Balaban J connectivity index is 2.26. The Morgan fingerprint density at radius 3 is 2.79 bits per heavy atom. The molecule has 1 aliphatic carbocycles. The molecule has 1 aliphatic rings. The number of nitrogens with one attached hydrogen (secondary N) is 1. The molecule has 1 saturated carbocycles. The third-order valence-corrected chi connectivity index (χ3v) is 2.84. The predicted molar refractivity (Wildman–Crippen MR) is 55.9 cm³/mol. The highest BCUT2D eigenvalue weighted by Crippen LogP contribution is 2.39. The fourth-order valence-electron chi connectivity index (χ4n) is 1.49. The van der Waals surface area contributed by atoms with Crippen molar-refractivity contribution in [3.63, 3.8) is 0 Å². The van der Waals surface area contributed by atoms with Crippen LogP contribution >= 0.6 is 23.2 Å². The molecule has 0 atom stereocenters. The van der Waals surface area contributed by atoms with Gasteiger partial charge in [-0.15, -0.1) is 0 Å². The van der Waals surface area contributed by atoms with Crippen LogP contribution in [0.5, 0.6) is 0 Å². The molecule has 2 aromatic heterocycles. The molecule has 14 heavy (non-hydrogen) atoms. The number of hydrogen-bond acceptors (Lipinski definition) is 2. The van der Waals surface area contributed by atoms with Crippen molar-refractivity contribution in [3.8, 4) is 0 Å². The Hall–Kier alpha value is -0.800. The smallest absolute Gasteiger partial charge is 0.160 e. The number of pyridine rings is 1. The number of fused-ring (bicyclic) bond motifs is 1. The van der Waals surface area contributed by atoms with Gasteiger partial charge in [-0.25, -0.2) is 9.97 Å². The number of nitrogens with zero attached hydrogens (tertiary/aromatic N) is 2. The number of imidazole rings is 1. The highest BCUT2D eigenvalue weighted by atomic mass is 35.5. The van der Waals surface area contributed by atoms with Crippen molar-refractivity contribution < 1.29 is 0 Å². The topological polar surface area (TPSA) is 41.6 Å². The molecule has 3 rings (SSSR count). The van der Waals surface area contributed by atoms with E-state index in [1.165, 1.54) is 12.8 Å². The van der Waals surface area contributed by atoms with Crippen LogP contribution in [0.15, 0.2) is 6.07 Å². The molecule has 2 heterocycles. The van der Waals surface area contributed by atoms with Crippen molar-refractivity contribution in [1.29, 1.82) is 0 Å². The molecule has 1 N–H and O–H groups in total. The van der Waals surface area contributed by atoms with Crippen LogP contribution in [0.2, 0.25) is 10.2 Å². The molecule has 72 valence electrons. The minimum atomic E-state index is 0.397. The Kier molecular flexibility index (Phi) is 1.73. The van der Waals surface area contributed by atoms with Crippen LogP contribution in [0.3, 0.4) is 0 Å². The summed E-state index contributed by atoms with van der Waals surface area (Å²) in [7, 11) is 0. The lowest BCUT2D eigenvalue weighted by Crippen LogP contribution is -1.80. The maximum atomic E-state index is 5.99. The number of hydrogen-bond donors (Lipinski definition) is 1. The number of aromatic nitrogens is 3. The van der Waals surface area contributed by atoms with Crippen molar-refractivity contribution in [2.75, 3.05) is 0 Å². The highest BCUT2D eigenvalue weighted by Gasteiger charge is 2.27. The zero-order valence-electron chi connectivity index (χ0n) is 7.22. The Bertz CT molecular complexity index is 502. The molecule has 2 aromatic rings. The van der Waals surface area contributed by atoms with Gasteiger partial charge in [-0.3, -0.25) is 0 Å². The van der Waals surface area contributed by atoms with E-state index >= 15 is 0 Å². The van der Waals surface area contributed by atoms with E-state index in [-0.39, 0.29) is 0 Å². The summed E-state index contributed by atoms with van der Waals surface area (Å²) < 4.78 is 0. The van der Waals surface area contributed by atoms with Gasteiger partial charge in [0.15, 0.2) is 5.65 Å². The number of halogens is 2. The molecule has 0 amide bonds. The zero-order chi connectivity index (χ0) is 9.71. The molecular formula is C9H7Cl2N3. The van der Waals surface area contributed by atoms with Gasteiger partial charge in [0.1, 0.15) is 16.5 Å². The summed E-state index contributed by atoms with van der Waals surface area (Å²) in [6.45, 7) is 0. The molecule has 1 fully saturated rings. The average molecular weight is 228 g/mol.